The number of nitro benzene ring substituents is 1. The van der Waals surface area contributed by atoms with Crippen LogP contribution in [0.15, 0.2) is 12.1 Å². The Labute approximate surface area is 101 Å². The molecule has 5 nitrogen and oxygen atoms in total. The van der Waals surface area contributed by atoms with Gasteiger partial charge in [0.1, 0.15) is 0 Å². The maximum Gasteiger partial charge on any atom is 0.274 e. The summed E-state index contributed by atoms with van der Waals surface area (Å²) >= 11 is 3.01. The fraction of sp³-hybridized carbons (Fsp3) is 0.300. The Balaban J connectivity index is 3.14. The standard InChI is InChI=1S/C10H11BrN2O3/c1-6-3-7(2)9(13(15)16)4-8(6)12-10(14)5-11/h3-4H,5H2,1-2H3,(H,12,14). The predicted molar refractivity (Wildman–Crippen MR) is 65.0 cm³/mol. The molecule has 0 aliphatic carbocycles. The number of alkyl halides is 1. The van der Waals surface area contributed by atoms with Crippen LogP contribution in [0.1, 0.15) is 11.1 Å². The number of nitrogens with zero attached hydrogens (tertiary/aromatic N) is 1. The minimum Gasteiger partial charge on any atom is -0.325 e. The van der Waals surface area contributed by atoms with Gasteiger partial charge in [0.2, 0.25) is 5.91 Å². The summed E-state index contributed by atoms with van der Waals surface area (Å²) in [4.78, 5) is 21.4. The van der Waals surface area contributed by atoms with E-state index in [4.69, 9.17) is 0 Å². The van der Waals surface area contributed by atoms with Crippen molar-refractivity contribution < 1.29 is 9.72 Å². The number of rotatable bonds is 3. The van der Waals surface area contributed by atoms with Crippen molar-refractivity contribution in [2.75, 3.05) is 10.6 Å². The first-order chi connectivity index (χ1) is 7.45. The van der Waals surface area contributed by atoms with E-state index < -0.39 is 4.92 Å². The molecule has 0 saturated heterocycles. The Hall–Kier alpha value is -1.43. The number of hydrogen-bond acceptors (Lipinski definition) is 3. The molecule has 0 unspecified atom stereocenters. The number of carbonyl (C=O) groups is 1. The minimum absolute atomic E-state index is 0.00970. The van der Waals surface area contributed by atoms with Crippen LogP contribution >= 0.6 is 15.9 Å². The molecular formula is C10H11BrN2O3. The van der Waals surface area contributed by atoms with E-state index in [0.717, 1.165) is 5.56 Å². The largest absolute Gasteiger partial charge is 0.325 e. The SMILES string of the molecule is Cc1cc(C)c([N+](=O)[O-])cc1NC(=O)CBr. The van der Waals surface area contributed by atoms with Crippen LogP contribution in [0.2, 0.25) is 0 Å². The van der Waals surface area contributed by atoms with Gasteiger partial charge in [-0.15, -0.1) is 0 Å². The van der Waals surface area contributed by atoms with Gasteiger partial charge in [-0.25, -0.2) is 0 Å². The number of nitro groups is 1. The summed E-state index contributed by atoms with van der Waals surface area (Å²) in [6.45, 7) is 3.46. The van der Waals surface area contributed by atoms with Gasteiger partial charge in [0.15, 0.2) is 0 Å². The highest BCUT2D eigenvalue weighted by Gasteiger charge is 2.14. The number of amides is 1. The Morgan fingerprint density at radius 2 is 2.06 bits per heavy atom. The highest BCUT2D eigenvalue weighted by molar-refractivity contribution is 9.09. The molecule has 1 rings (SSSR count). The summed E-state index contributed by atoms with van der Waals surface area (Å²) in [5.41, 5.74) is 1.87. The molecule has 0 radical (unpaired) electrons. The lowest BCUT2D eigenvalue weighted by atomic mass is 10.1. The maximum absolute atomic E-state index is 11.2. The van der Waals surface area contributed by atoms with Crippen LogP contribution in [0.25, 0.3) is 0 Å². The summed E-state index contributed by atoms with van der Waals surface area (Å²) in [6, 6.07) is 3.06. The third kappa shape index (κ3) is 2.79. The molecule has 86 valence electrons. The van der Waals surface area contributed by atoms with E-state index in [1.807, 2.05) is 0 Å². The number of anilines is 1. The molecule has 1 aromatic rings. The van der Waals surface area contributed by atoms with Crippen molar-refractivity contribution in [1.29, 1.82) is 0 Å². The molecule has 6 heteroatoms. The van der Waals surface area contributed by atoms with Crippen molar-refractivity contribution >= 4 is 33.2 Å². The lowest BCUT2D eigenvalue weighted by Crippen LogP contribution is -2.13. The molecule has 0 saturated carbocycles. The Bertz CT molecular complexity index is 446. The monoisotopic (exact) mass is 286 g/mol. The molecule has 0 bridgehead atoms. The maximum atomic E-state index is 11.2. The molecule has 0 spiro atoms. The van der Waals surface area contributed by atoms with Crippen LogP contribution in [0.4, 0.5) is 11.4 Å². The molecule has 1 amide bonds. The molecule has 0 fully saturated rings. The van der Waals surface area contributed by atoms with Gasteiger partial charge in [-0.05, 0) is 25.5 Å². The number of benzene rings is 1. The quantitative estimate of drug-likeness (QED) is 0.527. The molecule has 0 aliphatic rings. The van der Waals surface area contributed by atoms with E-state index in [1.54, 1.807) is 19.9 Å². The fourth-order valence-electron chi connectivity index (χ4n) is 1.36. The average Bonchev–Trinajstić information content (AvgIpc) is 2.21. The molecule has 16 heavy (non-hydrogen) atoms. The zero-order valence-electron chi connectivity index (χ0n) is 8.91. The molecule has 0 heterocycles. The van der Waals surface area contributed by atoms with Crippen LogP contribution in [0.3, 0.4) is 0 Å². The average molecular weight is 287 g/mol. The van der Waals surface area contributed by atoms with Gasteiger partial charge in [-0.3, -0.25) is 14.9 Å². The van der Waals surface area contributed by atoms with Crippen LogP contribution in [0.5, 0.6) is 0 Å². The van der Waals surface area contributed by atoms with Gasteiger partial charge in [0.05, 0.1) is 15.9 Å². The number of nitrogens with one attached hydrogen (secondary N) is 1. The smallest absolute Gasteiger partial charge is 0.274 e. The molecule has 0 aromatic heterocycles. The summed E-state index contributed by atoms with van der Waals surface area (Å²) in [5.74, 6) is -0.235. The second-order valence-electron chi connectivity index (χ2n) is 3.39. The second-order valence-corrected chi connectivity index (χ2v) is 3.95. The van der Waals surface area contributed by atoms with Crippen molar-refractivity contribution in [2.24, 2.45) is 0 Å². The summed E-state index contributed by atoms with van der Waals surface area (Å²) in [7, 11) is 0. The second kappa shape index (κ2) is 5.07. The van der Waals surface area contributed by atoms with E-state index in [-0.39, 0.29) is 16.9 Å². The van der Waals surface area contributed by atoms with Crippen LogP contribution in [0, 0.1) is 24.0 Å². The first-order valence-corrected chi connectivity index (χ1v) is 5.69. The highest BCUT2D eigenvalue weighted by Crippen LogP contribution is 2.26. The van der Waals surface area contributed by atoms with Crippen LogP contribution < -0.4 is 5.32 Å². The molecule has 0 aliphatic heterocycles. The lowest BCUT2D eigenvalue weighted by molar-refractivity contribution is -0.385. The van der Waals surface area contributed by atoms with E-state index in [2.05, 4.69) is 21.2 Å². The van der Waals surface area contributed by atoms with Gasteiger partial charge < -0.3 is 5.32 Å². The topological polar surface area (TPSA) is 72.2 Å². The number of carbonyl (C=O) groups excluding carboxylic acids is 1. The minimum atomic E-state index is -0.460. The van der Waals surface area contributed by atoms with Gasteiger partial charge in [0.25, 0.3) is 5.69 Å². The Morgan fingerprint density at radius 3 is 2.56 bits per heavy atom. The third-order valence-corrected chi connectivity index (χ3v) is 2.64. The van der Waals surface area contributed by atoms with Crippen molar-refractivity contribution in [3.05, 3.63) is 33.4 Å². The number of halogens is 1. The lowest BCUT2D eigenvalue weighted by Gasteiger charge is -2.08. The van der Waals surface area contributed by atoms with Gasteiger partial charge in [-0.2, -0.15) is 0 Å². The van der Waals surface area contributed by atoms with Crippen LogP contribution in [-0.4, -0.2) is 16.2 Å². The number of hydrogen-bond donors (Lipinski definition) is 1. The Kier molecular flexibility index (Phi) is 4.00. The first kappa shape index (κ1) is 12.6. The summed E-state index contributed by atoms with van der Waals surface area (Å²) in [5, 5.41) is 13.5. The van der Waals surface area contributed by atoms with E-state index in [0.29, 0.717) is 11.3 Å². The zero-order chi connectivity index (χ0) is 12.3. The van der Waals surface area contributed by atoms with Gasteiger partial charge >= 0.3 is 0 Å². The first-order valence-electron chi connectivity index (χ1n) is 4.57. The fourth-order valence-corrected chi connectivity index (χ4v) is 1.50. The van der Waals surface area contributed by atoms with E-state index in [9.17, 15) is 14.9 Å². The van der Waals surface area contributed by atoms with Gasteiger partial charge in [0, 0.05) is 11.6 Å². The van der Waals surface area contributed by atoms with Crippen LogP contribution in [-0.2, 0) is 4.79 Å². The molecular weight excluding hydrogens is 276 g/mol. The van der Waals surface area contributed by atoms with Crippen molar-refractivity contribution in [3.8, 4) is 0 Å². The van der Waals surface area contributed by atoms with Gasteiger partial charge in [-0.1, -0.05) is 15.9 Å². The van der Waals surface area contributed by atoms with E-state index in [1.165, 1.54) is 6.07 Å². The van der Waals surface area contributed by atoms with Crippen molar-refractivity contribution in [2.45, 2.75) is 13.8 Å². The van der Waals surface area contributed by atoms with E-state index >= 15 is 0 Å². The highest BCUT2D eigenvalue weighted by atomic mass is 79.9. The summed E-state index contributed by atoms with van der Waals surface area (Å²) in [6.07, 6.45) is 0. The predicted octanol–water partition coefficient (Wildman–Crippen LogP) is 2.55. The molecule has 1 aromatic carbocycles. The third-order valence-electron chi connectivity index (χ3n) is 2.14. The normalized spacial score (nSPS) is 9.94. The molecule has 1 N–H and O–H groups in total. The van der Waals surface area contributed by atoms with Crippen molar-refractivity contribution in [3.63, 3.8) is 0 Å². The number of aryl methyl sites for hydroxylation is 2. The Morgan fingerprint density at radius 1 is 1.44 bits per heavy atom. The zero-order valence-corrected chi connectivity index (χ0v) is 10.5. The summed E-state index contributed by atoms with van der Waals surface area (Å²) < 4.78 is 0. The molecule has 0 atom stereocenters. The van der Waals surface area contributed by atoms with Crippen molar-refractivity contribution in [1.82, 2.24) is 0 Å².